The van der Waals surface area contributed by atoms with Crippen LogP contribution in [0.1, 0.15) is 56.8 Å². The van der Waals surface area contributed by atoms with Crippen LogP contribution < -0.4 is 15.5 Å². The molecule has 40 heavy (non-hydrogen) atoms. The topological polar surface area (TPSA) is 122 Å². The van der Waals surface area contributed by atoms with Gasteiger partial charge in [-0.15, -0.1) is 0 Å². The number of fused-ring (bicyclic) bond motifs is 2. The fraction of sp³-hybridized carbons (Fsp3) is 0.467. The Kier molecular flexibility index (Phi) is 7.39. The van der Waals surface area contributed by atoms with Crippen LogP contribution in [0.4, 0.5) is 22.1 Å². The van der Waals surface area contributed by atoms with Gasteiger partial charge in [-0.05, 0) is 81.5 Å². The lowest BCUT2D eigenvalue weighted by atomic mass is 9.98. The molecule has 2 bridgehead atoms. The lowest BCUT2D eigenvalue weighted by Crippen LogP contribution is -2.47. The molecule has 2 aromatic carbocycles. The van der Waals surface area contributed by atoms with Crippen LogP contribution >= 0.6 is 0 Å². The van der Waals surface area contributed by atoms with Crippen LogP contribution in [0.15, 0.2) is 48.5 Å². The molecular formula is C30H36N6O4. The predicted octanol–water partition coefficient (Wildman–Crippen LogP) is 4.67. The largest absolute Gasteiger partial charge is 0.386 e. The second-order valence-corrected chi connectivity index (χ2v) is 11.3. The highest BCUT2D eigenvalue weighted by atomic mass is 16.5. The van der Waals surface area contributed by atoms with Crippen LogP contribution in [0.5, 0.6) is 0 Å². The molecule has 2 atom stereocenters. The molecule has 6 rings (SSSR count). The number of anilines is 3. The number of urea groups is 1. The molecule has 3 saturated heterocycles. The molecule has 3 aliphatic heterocycles. The maximum Gasteiger partial charge on any atom is 0.323 e. The maximum atomic E-state index is 12.6. The van der Waals surface area contributed by atoms with Gasteiger partial charge in [0.25, 0.3) is 0 Å². The van der Waals surface area contributed by atoms with E-state index in [1.54, 1.807) is 38.1 Å². The Morgan fingerprint density at radius 1 is 0.850 bits per heavy atom. The Bertz CT molecular complexity index is 1320. The van der Waals surface area contributed by atoms with E-state index in [0.717, 1.165) is 61.8 Å². The zero-order valence-corrected chi connectivity index (χ0v) is 23.0. The summed E-state index contributed by atoms with van der Waals surface area (Å²) in [5.41, 5.74) is 1.99. The molecule has 1 aromatic heterocycles. The van der Waals surface area contributed by atoms with Crippen LogP contribution in [0.25, 0.3) is 11.4 Å². The van der Waals surface area contributed by atoms with Gasteiger partial charge in [-0.1, -0.05) is 12.1 Å². The number of ether oxygens (including phenoxy) is 2. The van der Waals surface area contributed by atoms with Crippen molar-refractivity contribution < 1.29 is 19.4 Å². The zero-order chi connectivity index (χ0) is 27.7. The summed E-state index contributed by atoms with van der Waals surface area (Å²) in [5.74, 6) is 2.45. The molecule has 2 unspecified atom stereocenters. The molecule has 0 radical (unpaired) electrons. The number of carbonyl (C=O) groups is 1. The minimum Gasteiger partial charge on any atom is -0.386 e. The van der Waals surface area contributed by atoms with Crippen molar-refractivity contribution in [3.05, 3.63) is 59.9 Å². The van der Waals surface area contributed by atoms with Crippen molar-refractivity contribution in [2.75, 3.05) is 42.0 Å². The first-order valence-corrected chi connectivity index (χ1v) is 14.0. The third-order valence-electron chi connectivity index (χ3n) is 7.95. The summed E-state index contributed by atoms with van der Waals surface area (Å²) < 4.78 is 11.4. The Balaban J connectivity index is 1.19. The number of aromatic nitrogens is 3. The smallest absolute Gasteiger partial charge is 0.323 e. The van der Waals surface area contributed by atoms with Crippen molar-refractivity contribution in [1.29, 1.82) is 0 Å². The third-order valence-corrected chi connectivity index (χ3v) is 7.95. The van der Waals surface area contributed by atoms with Crippen LogP contribution in [0.2, 0.25) is 0 Å². The van der Waals surface area contributed by atoms with Crippen LogP contribution in [-0.2, 0) is 15.1 Å². The molecule has 0 saturated carbocycles. The average molecular weight is 545 g/mol. The first kappa shape index (κ1) is 26.6. The molecule has 0 spiro atoms. The van der Waals surface area contributed by atoms with Gasteiger partial charge in [0.15, 0.2) is 5.82 Å². The first-order chi connectivity index (χ1) is 19.3. The van der Waals surface area contributed by atoms with Gasteiger partial charge >= 0.3 is 6.03 Å². The number of nitrogens with one attached hydrogen (secondary N) is 2. The average Bonchev–Trinajstić information content (AvgIpc) is 3.21. The number of benzene rings is 2. The SMILES string of the molecule is CC(C)(O)c1ccc(NC(=O)Nc2ccc(-c3nc(C4CCOCC4)nc(N4C5CCC4COC5)n3)cc2)cc1. The van der Waals surface area contributed by atoms with Crippen molar-refractivity contribution >= 4 is 23.4 Å². The molecule has 10 nitrogen and oxygen atoms in total. The first-order valence-electron chi connectivity index (χ1n) is 14.0. The summed E-state index contributed by atoms with van der Waals surface area (Å²) in [6.07, 6.45) is 3.98. The number of amides is 2. The molecule has 3 aromatic rings. The number of hydrogen-bond acceptors (Lipinski definition) is 8. The highest BCUT2D eigenvalue weighted by Crippen LogP contribution is 2.34. The van der Waals surface area contributed by atoms with E-state index in [0.29, 0.717) is 42.5 Å². The number of aliphatic hydroxyl groups is 1. The molecule has 210 valence electrons. The standard InChI is InChI=1S/C30H36N6O4/c1-30(2,38)21-5-9-23(10-6-21)32-29(37)31-22-7-3-19(4-8-22)26-33-27(20-13-15-39-16-14-20)35-28(34-26)36-24-11-12-25(36)18-40-17-24/h3-10,20,24-25,38H,11-18H2,1-2H3,(H2,31,32,37). The molecule has 3 aliphatic rings. The van der Waals surface area contributed by atoms with Crippen molar-refractivity contribution in [3.8, 4) is 11.4 Å². The van der Waals surface area contributed by atoms with E-state index < -0.39 is 5.60 Å². The minimum atomic E-state index is -0.935. The quantitative estimate of drug-likeness (QED) is 0.409. The maximum absolute atomic E-state index is 12.6. The molecule has 4 heterocycles. The summed E-state index contributed by atoms with van der Waals surface area (Å²) in [6.45, 7) is 6.29. The van der Waals surface area contributed by atoms with Gasteiger partial charge in [0.2, 0.25) is 5.95 Å². The summed E-state index contributed by atoms with van der Waals surface area (Å²) in [5, 5.41) is 15.8. The third kappa shape index (κ3) is 5.79. The normalized spacial score (nSPS) is 21.3. The molecule has 0 aliphatic carbocycles. The number of nitrogens with zero attached hydrogens (tertiary/aromatic N) is 4. The number of morpholine rings is 1. The van der Waals surface area contributed by atoms with Gasteiger partial charge in [-0.3, -0.25) is 0 Å². The van der Waals surface area contributed by atoms with Crippen molar-refractivity contribution in [3.63, 3.8) is 0 Å². The fourth-order valence-electron chi connectivity index (χ4n) is 5.68. The molecule has 3 fully saturated rings. The van der Waals surface area contributed by atoms with Gasteiger partial charge in [0, 0.05) is 36.1 Å². The molecule has 10 heteroatoms. The molecular weight excluding hydrogens is 508 g/mol. The van der Waals surface area contributed by atoms with Gasteiger partial charge in [-0.25, -0.2) is 9.78 Å². The predicted molar refractivity (Wildman–Crippen MR) is 152 cm³/mol. The Morgan fingerprint density at radius 2 is 1.45 bits per heavy atom. The summed E-state index contributed by atoms with van der Waals surface area (Å²) in [4.78, 5) is 29.8. The van der Waals surface area contributed by atoms with Crippen molar-refractivity contribution in [2.24, 2.45) is 0 Å². The Hall–Kier alpha value is -3.60. The van der Waals surface area contributed by atoms with E-state index in [-0.39, 0.29) is 11.9 Å². The van der Waals surface area contributed by atoms with Crippen LogP contribution in [0.3, 0.4) is 0 Å². The highest BCUT2D eigenvalue weighted by molar-refractivity contribution is 5.99. The zero-order valence-electron chi connectivity index (χ0n) is 23.0. The molecule has 2 amide bonds. The fourth-order valence-corrected chi connectivity index (χ4v) is 5.68. The summed E-state index contributed by atoms with van der Waals surface area (Å²) in [7, 11) is 0. The van der Waals surface area contributed by atoms with Gasteiger partial charge in [-0.2, -0.15) is 9.97 Å². The number of rotatable bonds is 6. The lowest BCUT2D eigenvalue weighted by molar-refractivity contribution is 0.0786. The van der Waals surface area contributed by atoms with E-state index in [9.17, 15) is 9.90 Å². The number of carbonyl (C=O) groups excluding carboxylic acids is 1. The minimum absolute atomic E-state index is 0.245. The van der Waals surface area contributed by atoms with E-state index >= 15 is 0 Å². The van der Waals surface area contributed by atoms with Crippen LogP contribution in [-0.4, -0.2) is 64.6 Å². The summed E-state index contributed by atoms with van der Waals surface area (Å²) >= 11 is 0. The Labute approximate surface area is 234 Å². The van der Waals surface area contributed by atoms with Gasteiger partial charge in [0.05, 0.1) is 30.9 Å². The van der Waals surface area contributed by atoms with Crippen LogP contribution in [0, 0.1) is 0 Å². The van der Waals surface area contributed by atoms with Gasteiger partial charge < -0.3 is 30.1 Å². The van der Waals surface area contributed by atoms with Crippen molar-refractivity contribution in [1.82, 2.24) is 15.0 Å². The second kappa shape index (κ2) is 11.1. The monoisotopic (exact) mass is 544 g/mol. The number of hydrogen-bond donors (Lipinski definition) is 3. The van der Waals surface area contributed by atoms with E-state index in [2.05, 4.69) is 15.5 Å². The van der Waals surface area contributed by atoms with E-state index in [1.165, 1.54) is 0 Å². The van der Waals surface area contributed by atoms with E-state index in [1.807, 2.05) is 24.3 Å². The highest BCUT2D eigenvalue weighted by Gasteiger charge is 2.39. The summed E-state index contributed by atoms with van der Waals surface area (Å²) in [6, 6.07) is 14.9. The van der Waals surface area contributed by atoms with Gasteiger partial charge in [0.1, 0.15) is 5.82 Å². The second-order valence-electron chi connectivity index (χ2n) is 11.3. The Morgan fingerprint density at radius 3 is 2.05 bits per heavy atom. The van der Waals surface area contributed by atoms with Crippen molar-refractivity contribution in [2.45, 2.75) is 63.1 Å². The van der Waals surface area contributed by atoms with E-state index in [4.69, 9.17) is 24.4 Å². The lowest BCUT2D eigenvalue weighted by Gasteiger charge is -2.35. The molecule has 3 N–H and O–H groups in total.